The molecule has 2 rings (SSSR count). The molecule has 0 aliphatic heterocycles. The van der Waals surface area contributed by atoms with E-state index in [1.54, 1.807) is 0 Å². The minimum atomic E-state index is -0.203. The van der Waals surface area contributed by atoms with Crippen LogP contribution in [-0.4, -0.2) is 11.7 Å². The van der Waals surface area contributed by atoms with Gasteiger partial charge >= 0.3 is 0 Å². The smallest absolute Gasteiger partial charge is 0.134 e. The van der Waals surface area contributed by atoms with E-state index in [0.29, 0.717) is 0 Å². The maximum Gasteiger partial charge on any atom is 0.134 e. The summed E-state index contributed by atoms with van der Waals surface area (Å²) in [6.07, 6.45) is 0. The molecule has 1 heterocycles. The second-order valence-corrected chi connectivity index (χ2v) is 5.04. The van der Waals surface area contributed by atoms with E-state index < -0.39 is 0 Å². The Balaban J connectivity index is 2.64. The van der Waals surface area contributed by atoms with Crippen molar-refractivity contribution in [1.29, 1.82) is 0 Å². The van der Waals surface area contributed by atoms with Gasteiger partial charge in [-0.05, 0) is 37.1 Å². The van der Waals surface area contributed by atoms with Crippen molar-refractivity contribution < 1.29 is 9.52 Å². The maximum absolute atomic E-state index is 9.37. The van der Waals surface area contributed by atoms with E-state index in [1.807, 2.05) is 32.9 Å². The predicted molar refractivity (Wildman–Crippen MR) is 65.8 cm³/mol. The van der Waals surface area contributed by atoms with Gasteiger partial charge in [-0.25, -0.2) is 0 Å². The Kier molecular flexibility index (Phi) is 2.55. The van der Waals surface area contributed by atoms with E-state index in [0.717, 1.165) is 22.3 Å². The summed E-state index contributed by atoms with van der Waals surface area (Å²) in [5, 5.41) is 10.5. The van der Waals surface area contributed by atoms with Gasteiger partial charge in [0.05, 0.1) is 6.61 Å². The van der Waals surface area contributed by atoms with Gasteiger partial charge in [0.1, 0.15) is 11.3 Å². The molecule has 0 saturated heterocycles. The normalized spacial score (nSPS) is 12.3. The van der Waals surface area contributed by atoms with Crippen molar-refractivity contribution in [1.82, 2.24) is 0 Å². The summed E-state index contributed by atoms with van der Waals surface area (Å²) in [4.78, 5) is 0. The van der Waals surface area contributed by atoms with Crippen LogP contribution in [-0.2, 0) is 5.41 Å². The van der Waals surface area contributed by atoms with Crippen molar-refractivity contribution in [2.75, 3.05) is 6.61 Å². The van der Waals surface area contributed by atoms with Crippen LogP contribution < -0.4 is 0 Å². The molecule has 0 saturated carbocycles. The standard InChI is InChI=1S/C14H18O2/c1-9-10(2)16-13-6-5-11(7-12(9)13)14(3,4)8-15/h5-7,15H,8H2,1-4H3. The van der Waals surface area contributed by atoms with Crippen molar-refractivity contribution in [3.63, 3.8) is 0 Å². The second-order valence-electron chi connectivity index (χ2n) is 5.04. The van der Waals surface area contributed by atoms with Crippen LogP contribution in [0.3, 0.4) is 0 Å². The molecule has 1 aromatic carbocycles. The number of fused-ring (bicyclic) bond motifs is 1. The maximum atomic E-state index is 9.37. The van der Waals surface area contributed by atoms with Crippen LogP contribution in [0.15, 0.2) is 22.6 Å². The lowest BCUT2D eigenvalue weighted by molar-refractivity contribution is 0.218. The van der Waals surface area contributed by atoms with Gasteiger partial charge in [-0.3, -0.25) is 0 Å². The second kappa shape index (κ2) is 3.63. The van der Waals surface area contributed by atoms with Crippen LogP contribution >= 0.6 is 0 Å². The third-order valence-corrected chi connectivity index (χ3v) is 3.35. The van der Waals surface area contributed by atoms with Gasteiger partial charge in [0.2, 0.25) is 0 Å². The molecule has 0 amide bonds. The zero-order chi connectivity index (χ0) is 11.9. The van der Waals surface area contributed by atoms with Gasteiger partial charge in [-0.2, -0.15) is 0 Å². The Labute approximate surface area is 95.9 Å². The number of hydrogen-bond acceptors (Lipinski definition) is 2. The Morgan fingerprint density at radius 2 is 1.94 bits per heavy atom. The fraction of sp³-hybridized carbons (Fsp3) is 0.429. The minimum absolute atomic E-state index is 0.147. The molecule has 0 aliphatic rings. The summed E-state index contributed by atoms with van der Waals surface area (Å²) in [5.41, 5.74) is 3.05. The Morgan fingerprint density at radius 1 is 1.25 bits per heavy atom. The molecular formula is C14H18O2. The molecule has 1 N–H and O–H groups in total. The van der Waals surface area contributed by atoms with Crippen LogP contribution in [0.5, 0.6) is 0 Å². The van der Waals surface area contributed by atoms with Crippen LogP contribution in [0.2, 0.25) is 0 Å². The molecule has 0 aliphatic carbocycles. The topological polar surface area (TPSA) is 33.4 Å². The average molecular weight is 218 g/mol. The molecule has 0 fully saturated rings. The average Bonchev–Trinajstić information content (AvgIpc) is 2.55. The molecule has 0 atom stereocenters. The van der Waals surface area contributed by atoms with Crippen molar-refractivity contribution in [2.45, 2.75) is 33.1 Å². The predicted octanol–water partition coefficient (Wildman–Crippen LogP) is 3.32. The van der Waals surface area contributed by atoms with E-state index in [2.05, 4.69) is 13.0 Å². The molecule has 0 radical (unpaired) electrons. The van der Waals surface area contributed by atoms with Crippen molar-refractivity contribution in [2.24, 2.45) is 0 Å². The number of hydrogen-bond donors (Lipinski definition) is 1. The van der Waals surface area contributed by atoms with E-state index in [4.69, 9.17) is 4.42 Å². The van der Waals surface area contributed by atoms with Crippen LogP contribution in [0.25, 0.3) is 11.0 Å². The molecule has 2 aromatic rings. The fourth-order valence-corrected chi connectivity index (χ4v) is 1.86. The number of benzene rings is 1. The number of aryl methyl sites for hydroxylation is 2. The molecule has 0 unspecified atom stereocenters. The summed E-state index contributed by atoms with van der Waals surface area (Å²) in [6.45, 7) is 8.27. The van der Waals surface area contributed by atoms with E-state index in [9.17, 15) is 5.11 Å². The van der Waals surface area contributed by atoms with Gasteiger partial charge in [0.25, 0.3) is 0 Å². The van der Waals surface area contributed by atoms with Crippen LogP contribution in [0.1, 0.15) is 30.7 Å². The van der Waals surface area contributed by atoms with Gasteiger partial charge in [-0.1, -0.05) is 19.9 Å². The van der Waals surface area contributed by atoms with Crippen molar-refractivity contribution in [3.8, 4) is 0 Å². The van der Waals surface area contributed by atoms with Crippen LogP contribution in [0.4, 0.5) is 0 Å². The van der Waals surface area contributed by atoms with E-state index in [-0.39, 0.29) is 12.0 Å². The number of rotatable bonds is 2. The van der Waals surface area contributed by atoms with E-state index in [1.165, 1.54) is 5.56 Å². The molecule has 1 aromatic heterocycles. The number of furan rings is 1. The Morgan fingerprint density at radius 3 is 2.56 bits per heavy atom. The highest BCUT2D eigenvalue weighted by molar-refractivity contribution is 5.82. The van der Waals surface area contributed by atoms with E-state index >= 15 is 0 Å². The number of aliphatic hydroxyl groups is 1. The summed E-state index contributed by atoms with van der Waals surface area (Å²) < 4.78 is 5.64. The summed E-state index contributed by atoms with van der Waals surface area (Å²) in [6, 6.07) is 6.14. The molecule has 2 heteroatoms. The Bertz CT molecular complexity index is 521. The zero-order valence-corrected chi connectivity index (χ0v) is 10.3. The lowest BCUT2D eigenvalue weighted by Crippen LogP contribution is -2.21. The quantitative estimate of drug-likeness (QED) is 0.838. The van der Waals surface area contributed by atoms with Crippen molar-refractivity contribution in [3.05, 3.63) is 35.1 Å². The lowest BCUT2D eigenvalue weighted by Gasteiger charge is -2.22. The lowest BCUT2D eigenvalue weighted by atomic mass is 9.85. The first kappa shape index (κ1) is 11.2. The highest BCUT2D eigenvalue weighted by Crippen LogP contribution is 2.30. The summed E-state index contributed by atoms with van der Waals surface area (Å²) in [5.74, 6) is 0.967. The Hall–Kier alpha value is -1.28. The summed E-state index contributed by atoms with van der Waals surface area (Å²) in [7, 11) is 0. The first-order valence-corrected chi connectivity index (χ1v) is 5.57. The molecule has 86 valence electrons. The third kappa shape index (κ3) is 1.63. The highest BCUT2D eigenvalue weighted by atomic mass is 16.3. The van der Waals surface area contributed by atoms with Gasteiger partial charge in [0.15, 0.2) is 0 Å². The monoisotopic (exact) mass is 218 g/mol. The zero-order valence-electron chi connectivity index (χ0n) is 10.3. The van der Waals surface area contributed by atoms with Crippen molar-refractivity contribution >= 4 is 11.0 Å². The highest BCUT2D eigenvalue weighted by Gasteiger charge is 2.20. The fourth-order valence-electron chi connectivity index (χ4n) is 1.86. The SMILES string of the molecule is Cc1oc2ccc(C(C)(C)CO)cc2c1C. The van der Waals surface area contributed by atoms with Gasteiger partial charge in [0, 0.05) is 10.8 Å². The van der Waals surface area contributed by atoms with Gasteiger partial charge in [-0.15, -0.1) is 0 Å². The van der Waals surface area contributed by atoms with Crippen LogP contribution in [0, 0.1) is 13.8 Å². The summed E-state index contributed by atoms with van der Waals surface area (Å²) >= 11 is 0. The first-order valence-electron chi connectivity index (χ1n) is 5.57. The molecule has 0 spiro atoms. The molecule has 2 nitrogen and oxygen atoms in total. The van der Waals surface area contributed by atoms with Gasteiger partial charge < -0.3 is 9.52 Å². The third-order valence-electron chi connectivity index (χ3n) is 3.35. The number of aliphatic hydroxyl groups excluding tert-OH is 1. The first-order chi connectivity index (χ1) is 7.45. The largest absolute Gasteiger partial charge is 0.461 e. The molecular weight excluding hydrogens is 200 g/mol. The molecule has 16 heavy (non-hydrogen) atoms. The minimum Gasteiger partial charge on any atom is -0.461 e. The molecule has 0 bridgehead atoms.